The highest BCUT2D eigenvalue weighted by molar-refractivity contribution is 5.76. The molecule has 0 heterocycles. The molecule has 1 aromatic carbocycles. The van der Waals surface area contributed by atoms with E-state index in [1.807, 2.05) is 0 Å². The van der Waals surface area contributed by atoms with Crippen LogP contribution in [0.15, 0.2) is 6.07 Å². The van der Waals surface area contributed by atoms with Gasteiger partial charge in [0.05, 0.1) is 6.42 Å². The van der Waals surface area contributed by atoms with Crippen molar-refractivity contribution in [3.63, 3.8) is 0 Å². The molecule has 22 heavy (non-hydrogen) atoms. The number of aryl methyl sites for hydroxylation is 2. The third-order valence-electron chi connectivity index (χ3n) is 4.43. The fourth-order valence-electron chi connectivity index (χ4n) is 2.67. The third kappa shape index (κ3) is 4.86. The van der Waals surface area contributed by atoms with Crippen LogP contribution >= 0.6 is 0 Å². The van der Waals surface area contributed by atoms with E-state index in [0.717, 1.165) is 12.8 Å². The molecule has 1 amide bonds. The summed E-state index contributed by atoms with van der Waals surface area (Å²) in [5, 5.41) is 8.64. The molecule has 0 bridgehead atoms. The Balaban J connectivity index is 2.58. The predicted molar refractivity (Wildman–Crippen MR) is 88.2 cm³/mol. The van der Waals surface area contributed by atoms with Crippen molar-refractivity contribution < 1.29 is 14.7 Å². The molecule has 0 unspecified atom stereocenters. The Morgan fingerprint density at radius 2 is 1.59 bits per heavy atom. The maximum absolute atomic E-state index is 12.0. The number of hydrogen-bond acceptors (Lipinski definition) is 2. The Morgan fingerprint density at radius 1 is 1.05 bits per heavy atom. The van der Waals surface area contributed by atoms with Crippen molar-refractivity contribution in [3.05, 3.63) is 33.9 Å². The van der Waals surface area contributed by atoms with Crippen LogP contribution in [0.1, 0.15) is 47.1 Å². The Kier molecular flexibility index (Phi) is 6.60. The van der Waals surface area contributed by atoms with E-state index in [9.17, 15) is 9.59 Å². The lowest BCUT2D eigenvalue weighted by Crippen LogP contribution is -2.28. The van der Waals surface area contributed by atoms with Gasteiger partial charge in [-0.1, -0.05) is 6.07 Å². The quantitative estimate of drug-likeness (QED) is 0.841. The molecule has 4 heteroatoms. The smallest absolute Gasteiger partial charge is 0.305 e. The summed E-state index contributed by atoms with van der Waals surface area (Å²) in [5.41, 5.74) is 6.56. The van der Waals surface area contributed by atoms with Gasteiger partial charge in [-0.2, -0.15) is 0 Å². The Labute approximate surface area is 133 Å². The summed E-state index contributed by atoms with van der Waals surface area (Å²) in [5.74, 6) is -0.859. The standard InChI is InChI=1S/C18H27NO3/c1-12-11-13(2)15(4)16(14(12)3)7-6-8-17(20)19(5)10-9-18(21)22/h11H,6-10H2,1-5H3,(H,21,22). The first kappa shape index (κ1) is 18.2. The molecule has 0 aliphatic carbocycles. The lowest BCUT2D eigenvalue weighted by molar-refractivity contribution is -0.138. The average Bonchev–Trinajstić information content (AvgIpc) is 2.45. The highest BCUT2D eigenvalue weighted by Crippen LogP contribution is 2.23. The van der Waals surface area contributed by atoms with E-state index in [-0.39, 0.29) is 18.9 Å². The molecular weight excluding hydrogens is 278 g/mol. The van der Waals surface area contributed by atoms with Crippen LogP contribution in [0.25, 0.3) is 0 Å². The fraction of sp³-hybridized carbons (Fsp3) is 0.556. The van der Waals surface area contributed by atoms with Crippen LogP contribution < -0.4 is 0 Å². The summed E-state index contributed by atoms with van der Waals surface area (Å²) >= 11 is 0. The van der Waals surface area contributed by atoms with E-state index in [1.54, 1.807) is 7.05 Å². The molecule has 1 rings (SSSR count). The second-order valence-electron chi connectivity index (χ2n) is 6.05. The Bertz CT molecular complexity index is 538. The van der Waals surface area contributed by atoms with E-state index in [0.29, 0.717) is 6.42 Å². The number of carboxylic acid groups (broad SMARTS) is 1. The molecule has 0 aliphatic rings. The number of carboxylic acids is 1. The number of rotatable bonds is 7. The van der Waals surface area contributed by atoms with Gasteiger partial charge in [-0.05, 0) is 68.4 Å². The second-order valence-corrected chi connectivity index (χ2v) is 6.05. The summed E-state index contributed by atoms with van der Waals surface area (Å²) in [6.45, 7) is 8.79. The van der Waals surface area contributed by atoms with Gasteiger partial charge < -0.3 is 10.0 Å². The number of amides is 1. The minimum absolute atomic E-state index is 0.00245. The molecule has 1 aromatic rings. The van der Waals surface area contributed by atoms with Crippen molar-refractivity contribution in [3.8, 4) is 0 Å². The van der Waals surface area contributed by atoms with E-state index in [4.69, 9.17) is 5.11 Å². The van der Waals surface area contributed by atoms with Gasteiger partial charge >= 0.3 is 5.97 Å². The minimum Gasteiger partial charge on any atom is -0.481 e. The van der Waals surface area contributed by atoms with E-state index in [1.165, 1.54) is 32.7 Å². The maximum atomic E-state index is 12.0. The van der Waals surface area contributed by atoms with Gasteiger partial charge in [-0.25, -0.2) is 0 Å². The predicted octanol–water partition coefficient (Wildman–Crippen LogP) is 3.18. The van der Waals surface area contributed by atoms with Crippen molar-refractivity contribution in [1.29, 1.82) is 0 Å². The number of nitrogens with zero attached hydrogens (tertiary/aromatic N) is 1. The van der Waals surface area contributed by atoms with Gasteiger partial charge in [0.25, 0.3) is 0 Å². The van der Waals surface area contributed by atoms with E-state index >= 15 is 0 Å². The lowest BCUT2D eigenvalue weighted by Gasteiger charge is -2.17. The molecule has 1 N–H and O–H groups in total. The zero-order valence-corrected chi connectivity index (χ0v) is 14.3. The van der Waals surface area contributed by atoms with Crippen LogP contribution in [-0.2, 0) is 16.0 Å². The highest BCUT2D eigenvalue weighted by atomic mass is 16.4. The molecule has 0 saturated heterocycles. The molecule has 0 aliphatic heterocycles. The highest BCUT2D eigenvalue weighted by Gasteiger charge is 2.12. The summed E-state index contributed by atoms with van der Waals surface area (Å²) in [7, 11) is 1.67. The third-order valence-corrected chi connectivity index (χ3v) is 4.43. The van der Waals surface area contributed by atoms with Gasteiger partial charge in [-0.3, -0.25) is 9.59 Å². The molecule has 0 fully saturated rings. The van der Waals surface area contributed by atoms with Crippen molar-refractivity contribution in [1.82, 2.24) is 4.90 Å². The first-order valence-electron chi connectivity index (χ1n) is 7.76. The zero-order valence-electron chi connectivity index (χ0n) is 14.3. The summed E-state index contributed by atoms with van der Waals surface area (Å²) in [6, 6.07) is 2.21. The maximum Gasteiger partial charge on any atom is 0.305 e. The molecular formula is C18H27NO3. The van der Waals surface area contributed by atoms with Crippen molar-refractivity contribution in [2.45, 2.75) is 53.4 Å². The van der Waals surface area contributed by atoms with Crippen LogP contribution in [-0.4, -0.2) is 35.5 Å². The number of aliphatic carboxylic acids is 1. The van der Waals surface area contributed by atoms with Crippen molar-refractivity contribution >= 4 is 11.9 Å². The topological polar surface area (TPSA) is 57.6 Å². The molecule has 0 saturated carbocycles. The number of carbonyl (C=O) groups is 2. The normalized spacial score (nSPS) is 10.6. The lowest BCUT2D eigenvalue weighted by atomic mass is 9.91. The van der Waals surface area contributed by atoms with Gasteiger partial charge in [0.1, 0.15) is 0 Å². The van der Waals surface area contributed by atoms with Gasteiger partial charge in [-0.15, -0.1) is 0 Å². The van der Waals surface area contributed by atoms with Crippen LogP contribution in [0.3, 0.4) is 0 Å². The summed E-state index contributed by atoms with van der Waals surface area (Å²) in [4.78, 5) is 24.0. The largest absolute Gasteiger partial charge is 0.481 e. The van der Waals surface area contributed by atoms with Gasteiger partial charge in [0, 0.05) is 20.0 Å². The minimum atomic E-state index is -0.874. The molecule has 4 nitrogen and oxygen atoms in total. The molecule has 0 atom stereocenters. The molecule has 0 aromatic heterocycles. The first-order valence-corrected chi connectivity index (χ1v) is 7.76. The SMILES string of the molecule is Cc1cc(C)c(C)c(CCCC(=O)N(C)CCC(=O)O)c1C. The molecule has 0 radical (unpaired) electrons. The summed E-state index contributed by atoms with van der Waals surface area (Å²) in [6.07, 6.45) is 2.14. The van der Waals surface area contributed by atoms with Crippen LogP contribution in [0.5, 0.6) is 0 Å². The van der Waals surface area contributed by atoms with Gasteiger partial charge in [0.2, 0.25) is 5.91 Å². The van der Waals surface area contributed by atoms with Gasteiger partial charge in [0.15, 0.2) is 0 Å². The Morgan fingerprint density at radius 3 is 2.09 bits per heavy atom. The van der Waals surface area contributed by atoms with Crippen LogP contribution in [0.2, 0.25) is 0 Å². The monoisotopic (exact) mass is 305 g/mol. The summed E-state index contributed by atoms with van der Waals surface area (Å²) < 4.78 is 0. The molecule has 0 spiro atoms. The second kappa shape index (κ2) is 7.97. The van der Waals surface area contributed by atoms with E-state index < -0.39 is 5.97 Å². The first-order chi connectivity index (χ1) is 10.2. The number of hydrogen-bond donors (Lipinski definition) is 1. The number of benzene rings is 1. The Hall–Kier alpha value is -1.84. The van der Waals surface area contributed by atoms with Crippen LogP contribution in [0, 0.1) is 27.7 Å². The number of carbonyl (C=O) groups excluding carboxylic acids is 1. The fourth-order valence-corrected chi connectivity index (χ4v) is 2.67. The van der Waals surface area contributed by atoms with Crippen molar-refractivity contribution in [2.24, 2.45) is 0 Å². The van der Waals surface area contributed by atoms with E-state index in [2.05, 4.69) is 33.8 Å². The zero-order chi connectivity index (χ0) is 16.9. The average molecular weight is 305 g/mol. The van der Waals surface area contributed by atoms with Crippen LogP contribution in [0.4, 0.5) is 0 Å². The van der Waals surface area contributed by atoms with Crippen molar-refractivity contribution in [2.75, 3.05) is 13.6 Å². The molecule has 122 valence electrons.